The van der Waals surface area contributed by atoms with Crippen LogP contribution in [0.1, 0.15) is 129 Å². The van der Waals surface area contributed by atoms with Gasteiger partial charge in [-0.15, -0.1) is 0 Å². The van der Waals surface area contributed by atoms with E-state index in [2.05, 4.69) is 95.7 Å². The van der Waals surface area contributed by atoms with Crippen molar-refractivity contribution in [3.05, 3.63) is 87.1 Å². The molecule has 0 heterocycles. The molecule has 0 unspecified atom stereocenters. The number of carbonyl (C=O) groups is 1. The summed E-state index contributed by atoms with van der Waals surface area (Å²) in [5.41, 5.74) is 15.6. The minimum Gasteiger partial charge on any atom is -0.465 e. The van der Waals surface area contributed by atoms with E-state index >= 15 is 0 Å². The lowest BCUT2D eigenvalue weighted by Crippen LogP contribution is -2.52. The summed E-state index contributed by atoms with van der Waals surface area (Å²) in [7, 11) is 0. The van der Waals surface area contributed by atoms with Crippen LogP contribution in [0.25, 0.3) is 5.57 Å². The van der Waals surface area contributed by atoms with Crippen molar-refractivity contribution < 1.29 is 9.53 Å². The van der Waals surface area contributed by atoms with Crippen LogP contribution in [0, 0.1) is 28.6 Å². The first-order valence-corrected chi connectivity index (χ1v) is 16.0. The molecule has 1 aromatic rings. The number of carbonyl (C=O) groups excluding carboxylic acids is 1. The maximum Gasteiger partial charge on any atom is 0.306 e. The van der Waals surface area contributed by atoms with Crippen molar-refractivity contribution in [2.24, 2.45) is 21.7 Å². The summed E-state index contributed by atoms with van der Waals surface area (Å²) in [5, 5.41) is 0. The summed E-state index contributed by atoms with van der Waals surface area (Å²) < 4.78 is 5.61. The second-order valence-electron chi connectivity index (χ2n) is 16.1. The highest BCUT2D eigenvalue weighted by atomic mass is 16.5. The molecule has 0 aromatic heterocycles. The monoisotopic (exact) mass is 568 g/mol. The highest BCUT2D eigenvalue weighted by molar-refractivity contribution is 5.87. The molecule has 42 heavy (non-hydrogen) atoms. The highest BCUT2D eigenvalue weighted by Crippen LogP contribution is 2.70. The molecule has 228 valence electrons. The van der Waals surface area contributed by atoms with Crippen molar-refractivity contribution >= 4 is 11.5 Å². The number of allylic oxidation sites excluding steroid dienone is 7. The maximum absolute atomic E-state index is 12.7. The minimum atomic E-state index is -0.167. The van der Waals surface area contributed by atoms with Gasteiger partial charge in [0, 0.05) is 11.8 Å². The SMILES string of the molecule is C=C(C)C1=C(C)C[C@@]2(C)C[C@@]3(C)Cc4c(C(C)C)cc(CCC(=O)OCC(C)(C)C)c(C)c4C(=C)C3=C(C)[C@@]2(C)C1=C. The molecule has 3 aliphatic carbocycles. The van der Waals surface area contributed by atoms with Gasteiger partial charge in [-0.1, -0.05) is 97.9 Å². The Labute approximate surface area is 257 Å². The number of hydrogen-bond donors (Lipinski definition) is 0. The van der Waals surface area contributed by atoms with E-state index in [-0.39, 0.29) is 27.6 Å². The number of benzene rings is 1. The Morgan fingerprint density at radius 1 is 1.07 bits per heavy atom. The van der Waals surface area contributed by atoms with E-state index in [1.165, 1.54) is 61.3 Å². The lowest BCUT2D eigenvalue weighted by molar-refractivity contribution is -0.146. The van der Waals surface area contributed by atoms with Gasteiger partial charge in [0.25, 0.3) is 0 Å². The zero-order chi connectivity index (χ0) is 31.7. The average molecular weight is 569 g/mol. The topological polar surface area (TPSA) is 26.3 Å². The molecular weight excluding hydrogens is 512 g/mol. The van der Waals surface area contributed by atoms with Gasteiger partial charge in [0.15, 0.2) is 0 Å². The Hall–Kier alpha value is -2.61. The van der Waals surface area contributed by atoms with E-state index in [0.717, 1.165) is 24.8 Å². The van der Waals surface area contributed by atoms with Crippen LogP contribution in [0.4, 0.5) is 0 Å². The van der Waals surface area contributed by atoms with Gasteiger partial charge < -0.3 is 4.74 Å². The van der Waals surface area contributed by atoms with Crippen LogP contribution in [0.15, 0.2) is 59.2 Å². The summed E-state index contributed by atoms with van der Waals surface area (Å²) >= 11 is 0. The zero-order valence-electron chi connectivity index (χ0n) is 28.8. The van der Waals surface area contributed by atoms with Crippen molar-refractivity contribution in [3.8, 4) is 0 Å². The molecule has 0 amide bonds. The van der Waals surface area contributed by atoms with Gasteiger partial charge in [0.1, 0.15) is 0 Å². The molecule has 0 aliphatic heterocycles. The molecule has 0 fully saturated rings. The number of aryl methyl sites for hydroxylation is 1. The van der Waals surface area contributed by atoms with Crippen molar-refractivity contribution in [1.29, 1.82) is 0 Å². The van der Waals surface area contributed by atoms with Crippen molar-refractivity contribution in [2.75, 3.05) is 6.61 Å². The van der Waals surface area contributed by atoms with Gasteiger partial charge in [0.2, 0.25) is 0 Å². The average Bonchev–Trinajstić information content (AvgIpc) is 2.83. The van der Waals surface area contributed by atoms with E-state index in [4.69, 9.17) is 17.9 Å². The second-order valence-corrected chi connectivity index (χ2v) is 16.1. The fourth-order valence-electron chi connectivity index (χ4n) is 9.07. The van der Waals surface area contributed by atoms with Crippen LogP contribution in [-0.4, -0.2) is 12.6 Å². The largest absolute Gasteiger partial charge is 0.465 e. The standard InChI is InChI=1S/C40H56O2/c1-23(2)31-18-30(16-17-33(41)42-22-37(10,11)12)26(6)35-27(7)36-29(9)40(15)28(8)34(24(3)4)25(5)19-39(40,14)21-38(36,13)20-32(31)35/h18,23H,3,7-8,16-17,19-22H2,1-2,4-6,9-15H3/t38-,39+,40-/m1/s1. The predicted octanol–water partition coefficient (Wildman–Crippen LogP) is 10.8. The number of rotatable bonds is 6. The first kappa shape index (κ1) is 32.3. The van der Waals surface area contributed by atoms with E-state index < -0.39 is 0 Å². The molecular formula is C40H56O2. The third kappa shape index (κ3) is 5.01. The summed E-state index contributed by atoms with van der Waals surface area (Å²) in [6.07, 6.45) is 4.25. The van der Waals surface area contributed by atoms with Crippen LogP contribution in [0.3, 0.4) is 0 Å². The smallest absolute Gasteiger partial charge is 0.306 e. The molecule has 3 aliphatic rings. The molecule has 4 rings (SSSR count). The zero-order valence-corrected chi connectivity index (χ0v) is 28.8. The normalized spacial score (nSPS) is 27.6. The van der Waals surface area contributed by atoms with E-state index in [1.54, 1.807) is 0 Å². The van der Waals surface area contributed by atoms with Crippen LogP contribution in [0.2, 0.25) is 0 Å². The fourth-order valence-corrected chi connectivity index (χ4v) is 9.07. The van der Waals surface area contributed by atoms with Gasteiger partial charge in [-0.25, -0.2) is 0 Å². The molecule has 0 radical (unpaired) electrons. The minimum absolute atomic E-state index is 0.00191. The number of esters is 1. The number of hydrogen-bond acceptors (Lipinski definition) is 2. The molecule has 0 spiro atoms. The Kier molecular flexibility index (Phi) is 8.10. The summed E-state index contributed by atoms with van der Waals surface area (Å²) in [5.74, 6) is 0.265. The van der Waals surface area contributed by atoms with Crippen molar-refractivity contribution in [3.63, 3.8) is 0 Å². The molecule has 0 saturated carbocycles. The highest BCUT2D eigenvalue weighted by Gasteiger charge is 2.59. The molecule has 1 aromatic carbocycles. The molecule has 3 atom stereocenters. The van der Waals surface area contributed by atoms with Crippen LogP contribution >= 0.6 is 0 Å². The lowest BCUT2D eigenvalue weighted by Gasteiger charge is -2.62. The Bertz CT molecular complexity index is 1450. The Morgan fingerprint density at radius 3 is 2.24 bits per heavy atom. The first-order chi connectivity index (χ1) is 19.2. The molecule has 0 bridgehead atoms. The molecule has 0 N–H and O–H groups in total. The first-order valence-electron chi connectivity index (χ1n) is 16.0. The van der Waals surface area contributed by atoms with Gasteiger partial charge in [-0.3, -0.25) is 4.79 Å². The van der Waals surface area contributed by atoms with E-state index in [0.29, 0.717) is 25.4 Å². The molecule has 2 nitrogen and oxygen atoms in total. The fraction of sp³-hybridized carbons (Fsp3) is 0.575. The lowest BCUT2D eigenvalue weighted by atomic mass is 9.41. The van der Waals surface area contributed by atoms with Crippen LogP contribution in [-0.2, 0) is 22.4 Å². The third-order valence-electron chi connectivity index (χ3n) is 11.0. The number of fused-ring (bicyclic) bond motifs is 3. The van der Waals surface area contributed by atoms with Gasteiger partial charge in [0.05, 0.1) is 6.61 Å². The van der Waals surface area contributed by atoms with Crippen LogP contribution in [0.5, 0.6) is 0 Å². The summed E-state index contributed by atoms with van der Waals surface area (Å²) in [6.45, 7) is 41.7. The third-order valence-corrected chi connectivity index (χ3v) is 11.0. The van der Waals surface area contributed by atoms with E-state index in [9.17, 15) is 4.79 Å². The Morgan fingerprint density at radius 2 is 1.69 bits per heavy atom. The quantitative estimate of drug-likeness (QED) is 0.319. The van der Waals surface area contributed by atoms with Crippen molar-refractivity contribution in [1.82, 2.24) is 0 Å². The summed E-state index contributed by atoms with van der Waals surface area (Å²) in [6, 6.07) is 2.39. The Balaban J connectivity index is 1.85. The molecule has 0 saturated heterocycles. The predicted molar refractivity (Wildman–Crippen MR) is 180 cm³/mol. The van der Waals surface area contributed by atoms with Crippen molar-refractivity contribution in [2.45, 2.75) is 121 Å². The molecule has 2 heteroatoms. The van der Waals surface area contributed by atoms with Gasteiger partial charge >= 0.3 is 5.97 Å². The summed E-state index contributed by atoms with van der Waals surface area (Å²) in [4.78, 5) is 12.7. The van der Waals surface area contributed by atoms with Gasteiger partial charge in [-0.2, -0.15) is 0 Å². The number of ether oxygens (including phenoxy) is 1. The van der Waals surface area contributed by atoms with Crippen LogP contribution < -0.4 is 0 Å². The maximum atomic E-state index is 12.7. The van der Waals surface area contributed by atoms with E-state index in [1.807, 2.05) is 0 Å². The second kappa shape index (κ2) is 10.5. The van der Waals surface area contributed by atoms with Gasteiger partial charge in [-0.05, 0) is 126 Å².